The molecule has 156 valence electrons. The second-order valence-electron chi connectivity index (χ2n) is 7.29. The maximum Gasteiger partial charge on any atom is 0.244 e. The van der Waals surface area contributed by atoms with Gasteiger partial charge in [-0.15, -0.1) is 0 Å². The lowest BCUT2D eigenvalue weighted by Gasteiger charge is -2.11. The van der Waals surface area contributed by atoms with Crippen molar-refractivity contribution in [2.24, 2.45) is 0 Å². The molecule has 0 spiro atoms. The Morgan fingerprint density at radius 1 is 1.00 bits per heavy atom. The van der Waals surface area contributed by atoms with Crippen LogP contribution in [0, 0.1) is 6.92 Å². The van der Waals surface area contributed by atoms with Crippen LogP contribution in [0.25, 0.3) is 17.1 Å². The van der Waals surface area contributed by atoms with Crippen LogP contribution < -0.4 is 10.1 Å². The minimum atomic E-state index is -0.154. The molecule has 3 aromatic carbocycles. The second kappa shape index (κ2) is 9.76. The molecule has 1 aromatic heterocycles. The van der Waals surface area contributed by atoms with Gasteiger partial charge in [0.15, 0.2) is 0 Å². The number of nitrogens with one attached hydrogen (secondary N) is 1. The van der Waals surface area contributed by atoms with Crippen molar-refractivity contribution in [3.63, 3.8) is 0 Å². The van der Waals surface area contributed by atoms with E-state index in [2.05, 4.69) is 16.8 Å². The molecule has 0 unspecified atom stereocenters. The Bertz CT molecular complexity index is 1180. The summed E-state index contributed by atoms with van der Waals surface area (Å²) in [5.74, 6) is 1.49. The van der Waals surface area contributed by atoms with Crippen LogP contribution in [0.5, 0.6) is 5.75 Å². The minimum absolute atomic E-state index is 0.154. The van der Waals surface area contributed by atoms with Gasteiger partial charge in [0.2, 0.25) is 5.91 Å². The van der Waals surface area contributed by atoms with E-state index in [1.54, 1.807) is 12.2 Å². The number of imidazole rings is 1. The molecular weight excluding hydrogens is 386 g/mol. The number of benzene rings is 3. The molecule has 0 aliphatic rings. The molecule has 1 N–H and O–H groups in total. The van der Waals surface area contributed by atoms with Crippen LogP contribution in [0.15, 0.2) is 84.9 Å². The zero-order chi connectivity index (χ0) is 21.5. The van der Waals surface area contributed by atoms with Gasteiger partial charge in [-0.3, -0.25) is 4.79 Å². The third kappa shape index (κ3) is 5.39. The monoisotopic (exact) mass is 411 g/mol. The number of ether oxygens (including phenoxy) is 1. The molecule has 1 amide bonds. The second-order valence-corrected chi connectivity index (χ2v) is 7.29. The van der Waals surface area contributed by atoms with Gasteiger partial charge in [0.05, 0.1) is 24.1 Å². The van der Waals surface area contributed by atoms with Crippen molar-refractivity contribution in [1.82, 2.24) is 14.9 Å². The van der Waals surface area contributed by atoms with Crippen LogP contribution in [0.4, 0.5) is 0 Å². The Hall–Kier alpha value is -3.86. The number of para-hydroxylation sites is 2. The summed E-state index contributed by atoms with van der Waals surface area (Å²) in [5, 5.41) is 2.94. The van der Waals surface area contributed by atoms with Crippen LogP contribution in [0.1, 0.15) is 17.0 Å². The Labute approximate surface area is 182 Å². The van der Waals surface area contributed by atoms with Gasteiger partial charge in [0.25, 0.3) is 0 Å². The number of amides is 1. The van der Waals surface area contributed by atoms with Gasteiger partial charge >= 0.3 is 0 Å². The van der Waals surface area contributed by atoms with Gasteiger partial charge in [-0.1, -0.05) is 60.2 Å². The van der Waals surface area contributed by atoms with Gasteiger partial charge in [0, 0.05) is 6.08 Å². The van der Waals surface area contributed by atoms with E-state index in [1.807, 2.05) is 78.9 Å². The fourth-order valence-electron chi connectivity index (χ4n) is 3.36. The molecule has 0 aliphatic carbocycles. The third-order valence-corrected chi connectivity index (χ3v) is 4.99. The summed E-state index contributed by atoms with van der Waals surface area (Å²) < 4.78 is 8.01. The van der Waals surface area contributed by atoms with Crippen LogP contribution >= 0.6 is 0 Å². The molecule has 0 saturated carbocycles. The summed E-state index contributed by atoms with van der Waals surface area (Å²) in [5.41, 5.74) is 4.12. The summed E-state index contributed by atoms with van der Waals surface area (Å²) in [6, 6.07) is 25.7. The molecule has 4 aromatic rings. The zero-order valence-corrected chi connectivity index (χ0v) is 17.5. The summed E-state index contributed by atoms with van der Waals surface area (Å²) in [6.07, 6.45) is 3.34. The number of rotatable bonds is 8. The minimum Gasteiger partial charge on any atom is -0.492 e. The predicted molar refractivity (Wildman–Crippen MR) is 124 cm³/mol. The van der Waals surface area contributed by atoms with E-state index in [1.165, 1.54) is 5.56 Å². The van der Waals surface area contributed by atoms with Crippen LogP contribution in [0.3, 0.4) is 0 Å². The third-order valence-electron chi connectivity index (χ3n) is 4.99. The van der Waals surface area contributed by atoms with E-state index in [-0.39, 0.29) is 5.91 Å². The first-order valence-electron chi connectivity index (χ1n) is 10.3. The van der Waals surface area contributed by atoms with Crippen LogP contribution in [-0.4, -0.2) is 22.1 Å². The quantitative estimate of drug-likeness (QED) is 0.426. The number of aryl methyl sites for hydroxylation is 1. The first kappa shape index (κ1) is 20.4. The van der Waals surface area contributed by atoms with Crippen molar-refractivity contribution >= 4 is 23.0 Å². The maximum absolute atomic E-state index is 12.3. The molecule has 0 bridgehead atoms. The molecule has 0 fully saturated rings. The SMILES string of the molecule is Cc1ccc(OCCn2c(CNC(=O)/C=C\c3ccccc3)nc3ccccc32)cc1. The number of aromatic nitrogens is 2. The largest absolute Gasteiger partial charge is 0.492 e. The molecule has 0 saturated heterocycles. The number of fused-ring (bicyclic) bond motifs is 1. The van der Waals surface area contributed by atoms with E-state index in [0.717, 1.165) is 28.2 Å². The highest BCUT2D eigenvalue weighted by Gasteiger charge is 2.11. The average Bonchev–Trinajstić information content (AvgIpc) is 3.16. The highest BCUT2D eigenvalue weighted by Crippen LogP contribution is 2.17. The van der Waals surface area contributed by atoms with E-state index in [0.29, 0.717) is 19.7 Å². The van der Waals surface area contributed by atoms with Crippen LogP contribution in [-0.2, 0) is 17.9 Å². The lowest BCUT2D eigenvalue weighted by molar-refractivity contribution is -0.116. The molecule has 5 heteroatoms. The molecule has 0 radical (unpaired) electrons. The van der Waals surface area contributed by atoms with Crippen molar-refractivity contribution in [3.05, 3.63) is 102 Å². The Morgan fingerprint density at radius 2 is 1.74 bits per heavy atom. The number of hydrogen-bond donors (Lipinski definition) is 1. The summed E-state index contributed by atoms with van der Waals surface area (Å²) >= 11 is 0. The van der Waals surface area contributed by atoms with Crippen molar-refractivity contribution in [3.8, 4) is 5.75 Å². The smallest absolute Gasteiger partial charge is 0.244 e. The fourth-order valence-corrected chi connectivity index (χ4v) is 3.36. The summed E-state index contributed by atoms with van der Waals surface area (Å²) in [4.78, 5) is 17.0. The molecule has 31 heavy (non-hydrogen) atoms. The number of hydrogen-bond acceptors (Lipinski definition) is 3. The van der Waals surface area contributed by atoms with Gasteiger partial charge in [-0.25, -0.2) is 4.98 Å². The molecule has 4 rings (SSSR count). The van der Waals surface area contributed by atoms with E-state index in [4.69, 9.17) is 9.72 Å². The van der Waals surface area contributed by atoms with Crippen LogP contribution in [0.2, 0.25) is 0 Å². The predicted octanol–water partition coefficient (Wildman–Crippen LogP) is 4.75. The zero-order valence-electron chi connectivity index (χ0n) is 17.5. The Kier molecular flexibility index (Phi) is 6.43. The van der Waals surface area contributed by atoms with Crippen molar-refractivity contribution in [1.29, 1.82) is 0 Å². The van der Waals surface area contributed by atoms with Gasteiger partial charge in [-0.05, 0) is 42.8 Å². The van der Waals surface area contributed by atoms with Crippen molar-refractivity contribution < 1.29 is 9.53 Å². The van der Waals surface area contributed by atoms with Gasteiger partial charge in [-0.2, -0.15) is 0 Å². The Balaban J connectivity index is 1.42. The van der Waals surface area contributed by atoms with Gasteiger partial charge in [0.1, 0.15) is 18.2 Å². The lowest BCUT2D eigenvalue weighted by Crippen LogP contribution is -2.23. The van der Waals surface area contributed by atoms with E-state index in [9.17, 15) is 4.79 Å². The molecule has 0 atom stereocenters. The first-order valence-corrected chi connectivity index (χ1v) is 10.3. The molecule has 0 aliphatic heterocycles. The Morgan fingerprint density at radius 3 is 2.55 bits per heavy atom. The molecule has 1 heterocycles. The number of carbonyl (C=O) groups excluding carboxylic acids is 1. The topological polar surface area (TPSA) is 56.1 Å². The highest BCUT2D eigenvalue weighted by atomic mass is 16.5. The summed E-state index contributed by atoms with van der Waals surface area (Å²) in [7, 11) is 0. The normalized spacial score (nSPS) is 11.1. The standard InChI is InChI=1S/C26H25N3O2/c1-20-11-14-22(15-12-20)31-18-17-29-24-10-6-5-9-23(24)28-25(29)19-27-26(30)16-13-21-7-3-2-4-8-21/h2-16H,17-19H2,1H3,(H,27,30)/b16-13-. The average molecular weight is 412 g/mol. The highest BCUT2D eigenvalue weighted by molar-refractivity contribution is 5.91. The van der Waals surface area contributed by atoms with Crippen molar-refractivity contribution in [2.75, 3.05) is 6.61 Å². The summed E-state index contributed by atoms with van der Waals surface area (Å²) in [6.45, 7) is 3.55. The molecule has 5 nitrogen and oxygen atoms in total. The lowest BCUT2D eigenvalue weighted by atomic mass is 10.2. The maximum atomic E-state index is 12.3. The number of carbonyl (C=O) groups is 1. The van der Waals surface area contributed by atoms with Crippen molar-refractivity contribution in [2.45, 2.75) is 20.0 Å². The van der Waals surface area contributed by atoms with E-state index < -0.39 is 0 Å². The molecular formula is C26H25N3O2. The van der Waals surface area contributed by atoms with Gasteiger partial charge < -0.3 is 14.6 Å². The van der Waals surface area contributed by atoms with E-state index >= 15 is 0 Å². The fraction of sp³-hybridized carbons (Fsp3) is 0.154. The number of nitrogens with zero attached hydrogens (tertiary/aromatic N) is 2. The first-order chi connectivity index (χ1) is 15.2.